The van der Waals surface area contributed by atoms with Crippen LogP contribution in [0.4, 0.5) is 5.69 Å². The van der Waals surface area contributed by atoms with Gasteiger partial charge in [-0.15, -0.1) is 0 Å². The molecule has 0 atom stereocenters. The minimum atomic E-state index is -0.388. The van der Waals surface area contributed by atoms with Crippen LogP contribution in [-0.2, 0) is 4.79 Å². The lowest BCUT2D eigenvalue weighted by Gasteiger charge is -2.11. The number of carbonyl (C=O) groups is 1. The van der Waals surface area contributed by atoms with E-state index in [1.54, 1.807) is 30.3 Å². The molecule has 1 N–H and O–H groups in total. The first-order valence-corrected chi connectivity index (χ1v) is 9.12. The molecule has 0 aliphatic heterocycles. The quantitative estimate of drug-likeness (QED) is 0.536. The predicted molar refractivity (Wildman–Crippen MR) is 110 cm³/mol. The summed E-state index contributed by atoms with van der Waals surface area (Å²) in [6, 6.07) is 15.9. The second-order valence-electron chi connectivity index (χ2n) is 6.70. The summed E-state index contributed by atoms with van der Waals surface area (Å²) in [6.07, 6.45) is 1.48. The van der Waals surface area contributed by atoms with Gasteiger partial charge in [0, 0.05) is 5.69 Å². The fourth-order valence-electron chi connectivity index (χ4n) is 2.99. The highest BCUT2D eigenvalue weighted by Crippen LogP contribution is 2.32. The predicted octanol–water partition coefficient (Wildman–Crippen LogP) is 4.69. The van der Waals surface area contributed by atoms with Crippen LogP contribution in [0.15, 0.2) is 74.5 Å². The van der Waals surface area contributed by atoms with Gasteiger partial charge in [0.05, 0.1) is 11.6 Å². The van der Waals surface area contributed by atoms with E-state index in [0.717, 1.165) is 11.1 Å². The van der Waals surface area contributed by atoms with E-state index >= 15 is 0 Å². The third-order valence-electron chi connectivity index (χ3n) is 4.62. The van der Waals surface area contributed by atoms with Gasteiger partial charge in [-0.2, -0.15) is 0 Å². The van der Waals surface area contributed by atoms with Crippen molar-refractivity contribution in [2.45, 2.75) is 13.8 Å². The largest absolute Gasteiger partial charge is 0.476 e. The number of para-hydroxylation sites is 1. The summed E-state index contributed by atoms with van der Waals surface area (Å²) in [4.78, 5) is 25.4. The Morgan fingerprint density at radius 3 is 2.52 bits per heavy atom. The van der Waals surface area contributed by atoms with Crippen molar-refractivity contribution in [1.82, 2.24) is 0 Å². The van der Waals surface area contributed by atoms with Gasteiger partial charge >= 0.3 is 0 Å². The highest BCUT2D eigenvalue weighted by Gasteiger charge is 2.21. The van der Waals surface area contributed by atoms with Crippen LogP contribution in [0, 0.1) is 13.8 Å². The molecule has 0 unspecified atom stereocenters. The summed E-state index contributed by atoms with van der Waals surface area (Å²) in [6.45, 7) is 3.52. The molecule has 29 heavy (non-hydrogen) atoms. The van der Waals surface area contributed by atoms with E-state index in [4.69, 9.17) is 13.6 Å². The number of aryl methyl sites for hydroxylation is 2. The Bertz CT molecular complexity index is 1220. The minimum absolute atomic E-state index is 0.0566. The number of ether oxygens (including phenoxy) is 1. The molecule has 0 spiro atoms. The smallest absolute Gasteiger partial charge is 0.262 e. The summed E-state index contributed by atoms with van der Waals surface area (Å²) in [7, 11) is 0. The van der Waals surface area contributed by atoms with Crippen molar-refractivity contribution in [3.05, 3.63) is 82.2 Å². The van der Waals surface area contributed by atoms with Gasteiger partial charge in [-0.1, -0.05) is 18.2 Å². The molecule has 2 aromatic carbocycles. The normalized spacial score (nSPS) is 10.8. The Labute approximate surface area is 166 Å². The Morgan fingerprint density at radius 2 is 1.79 bits per heavy atom. The summed E-state index contributed by atoms with van der Waals surface area (Å²) >= 11 is 0. The molecule has 0 aliphatic carbocycles. The third kappa shape index (κ3) is 3.78. The zero-order chi connectivity index (χ0) is 20.4. The number of nitrogens with one attached hydrogen (secondary N) is 1. The molecule has 146 valence electrons. The monoisotopic (exact) mass is 389 g/mol. The average molecular weight is 389 g/mol. The molecule has 0 saturated heterocycles. The highest BCUT2D eigenvalue weighted by molar-refractivity contribution is 5.92. The van der Waals surface area contributed by atoms with Crippen molar-refractivity contribution in [2.24, 2.45) is 0 Å². The molecule has 4 rings (SSSR count). The lowest BCUT2D eigenvalue weighted by atomic mass is 10.1. The maximum Gasteiger partial charge on any atom is 0.262 e. The van der Waals surface area contributed by atoms with Crippen molar-refractivity contribution >= 4 is 22.6 Å². The number of rotatable bonds is 5. The van der Waals surface area contributed by atoms with Gasteiger partial charge in [0.15, 0.2) is 12.4 Å². The van der Waals surface area contributed by atoms with E-state index in [9.17, 15) is 9.59 Å². The van der Waals surface area contributed by atoms with E-state index in [1.165, 1.54) is 6.26 Å². The van der Waals surface area contributed by atoms with Crippen LogP contribution in [-0.4, -0.2) is 12.5 Å². The van der Waals surface area contributed by atoms with E-state index < -0.39 is 0 Å². The zero-order valence-corrected chi connectivity index (χ0v) is 16.0. The number of carbonyl (C=O) groups excluding carboxylic acids is 1. The first-order chi connectivity index (χ1) is 14.0. The number of amides is 1. The molecule has 0 saturated carbocycles. The van der Waals surface area contributed by atoms with E-state index in [0.29, 0.717) is 22.4 Å². The van der Waals surface area contributed by atoms with Gasteiger partial charge in [-0.05, 0) is 61.4 Å². The zero-order valence-electron chi connectivity index (χ0n) is 16.0. The van der Waals surface area contributed by atoms with E-state index in [-0.39, 0.29) is 29.5 Å². The van der Waals surface area contributed by atoms with Crippen molar-refractivity contribution in [2.75, 3.05) is 11.9 Å². The van der Waals surface area contributed by atoms with Gasteiger partial charge in [-0.25, -0.2) is 0 Å². The molecular weight excluding hydrogens is 370 g/mol. The van der Waals surface area contributed by atoms with Crippen molar-refractivity contribution in [3.63, 3.8) is 0 Å². The maximum atomic E-state index is 13.1. The lowest BCUT2D eigenvalue weighted by Crippen LogP contribution is -2.22. The Hall–Kier alpha value is -3.80. The number of hydrogen-bond donors (Lipinski definition) is 1. The van der Waals surface area contributed by atoms with Crippen LogP contribution in [0.5, 0.6) is 5.75 Å². The maximum absolute atomic E-state index is 13.1. The molecule has 4 aromatic rings. The average Bonchev–Trinajstić information content (AvgIpc) is 3.24. The van der Waals surface area contributed by atoms with Crippen LogP contribution in [0.1, 0.15) is 11.1 Å². The molecule has 6 heteroatoms. The van der Waals surface area contributed by atoms with Crippen molar-refractivity contribution in [3.8, 4) is 17.3 Å². The molecular formula is C23H19NO5. The molecule has 6 nitrogen and oxygen atoms in total. The Kier molecular flexibility index (Phi) is 4.91. The second-order valence-corrected chi connectivity index (χ2v) is 6.70. The lowest BCUT2D eigenvalue weighted by molar-refractivity contribution is -0.118. The molecule has 0 aliphatic rings. The Balaban J connectivity index is 1.71. The van der Waals surface area contributed by atoms with Gasteiger partial charge < -0.3 is 18.9 Å². The number of fused-ring (bicyclic) bond motifs is 1. The SMILES string of the molecule is Cc1cc2oc(-c3ccco3)c(OCC(=O)Nc3ccccc3)c(=O)c2cc1C. The summed E-state index contributed by atoms with van der Waals surface area (Å²) in [5.41, 5.74) is 2.69. The van der Waals surface area contributed by atoms with Crippen LogP contribution in [0.25, 0.3) is 22.5 Å². The fraction of sp³-hybridized carbons (Fsp3) is 0.130. The molecule has 0 radical (unpaired) electrons. The molecule has 0 fully saturated rings. The van der Waals surface area contributed by atoms with E-state index in [1.807, 2.05) is 38.1 Å². The summed E-state index contributed by atoms with van der Waals surface area (Å²) in [5.74, 6) is 0.0593. The molecule has 1 amide bonds. The first-order valence-electron chi connectivity index (χ1n) is 9.12. The number of benzene rings is 2. The standard InChI is InChI=1S/C23H19NO5/c1-14-11-17-19(12-15(14)2)29-22(18-9-6-10-27-18)23(21(17)26)28-13-20(25)24-16-7-4-3-5-8-16/h3-12H,13H2,1-2H3,(H,24,25). The highest BCUT2D eigenvalue weighted by atomic mass is 16.5. The van der Waals surface area contributed by atoms with Crippen molar-refractivity contribution < 1.29 is 18.4 Å². The topological polar surface area (TPSA) is 81.7 Å². The Morgan fingerprint density at radius 1 is 1.03 bits per heavy atom. The number of furan rings is 1. The number of hydrogen-bond acceptors (Lipinski definition) is 5. The van der Waals surface area contributed by atoms with Crippen molar-refractivity contribution in [1.29, 1.82) is 0 Å². The van der Waals surface area contributed by atoms with Gasteiger partial charge in [0.25, 0.3) is 5.91 Å². The van der Waals surface area contributed by atoms with Gasteiger partial charge in [-0.3, -0.25) is 9.59 Å². The number of anilines is 1. The van der Waals surface area contributed by atoms with Crippen LogP contribution in [0.2, 0.25) is 0 Å². The molecule has 2 aromatic heterocycles. The second kappa shape index (κ2) is 7.67. The fourth-order valence-corrected chi connectivity index (χ4v) is 2.99. The molecule has 2 heterocycles. The van der Waals surface area contributed by atoms with E-state index in [2.05, 4.69) is 5.32 Å². The summed E-state index contributed by atoms with van der Waals surface area (Å²) < 4.78 is 17.0. The first kappa shape index (κ1) is 18.6. The van der Waals surface area contributed by atoms with Crippen LogP contribution >= 0.6 is 0 Å². The third-order valence-corrected chi connectivity index (χ3v) is 4.62. The van der Waals surface area contributed by atoms with Crippen LogP contribution in [0.3, 0.4) is 0 Å². The van der Waals surface area contributed by atoms with Gasteiger partial charge in [0.1, 0.15) is 5.58 Å². The van der Waals surface area contributed by atoms with Crippen LogP contribution < -0.4 is 15.5 Å². The minimum Gasteiger partial charge on any atom is -0.476 e. The molecule has 0 bridgehead atoms. The van der Waals surface area contributed by atoms with Gasteiger partial charge in [0.2, 0.25) is 16.9 Å². The summed E-state index contributed by atoms with van der Waals surface area (Å²) in [5, 5.41) is 3.11.